The zero-order valence-corrected chi connectivity index (χ0v) is 10.4. The highest BCUT2D eigenvalue weighted by molar-refractivity contribution is 5.23. The Hall–Kier alpha value is -0.860. The number of aryl methyl sites for hydroxylation is 1. The van der Waals surface area contributed by atoms with E-state index in [9.17, 15) is 0 Å². The summed E-state index contributed by atoms with van der Waals surface area (Å²) in [6.07, 6.45) is 1.14. The Morgan fingerprint density at radius 1 is 1.06 bits per heavy atom. The maximum Gasteiger partial charge on any atom is 0.0234 e. The molecular weight excluding hydrogens is 196 g/mol. The van der Waals surface area contributed by atoms with Crippen LogP contribution in [0.2, 0.25) is 0 Å². The average molecular weight is 218 g/mol. The van der Waals surface area contributed by atoms with Crippen LogP contribution in [-0.4, -0.2) is 43.0 Å². The first-order chi connectivity index (χ1) is 7.78. The molecule has 1 heterocycles. The van der Waals surface area contributed by atoms with Crippen LogP contribution in [0, 0.1) is 0 Å². The van der Waals surface area contributed by atoms with Gasteiger partial charge in [-0.3, -0.25) is 4.90 Å². The summed E-state index contributed by atoms with van der Waals surface area (Å²) < 4.78 is 0. The summed E-state index contributed by atoms with van der Waals surface area (Å²) in [5, 5.41) is 0. The van der Waals surface area contributed by atoms with E-state index in [2.05, 4.69) is 48.0 Å². The molecule has 88 valence electrons. The normalized spacial score (nSPS) is 18.9. The first-order valence-corrected chi connectivity index (χ1v) is 6.26. The molecule has 0 unspecified atom stereocenters. The number of hydrogen-bond acceptors (Lipinski definition) is 2. The van der Waals surface area contributed by atoms with Crippen LogP contribution in [0.4, 0.5) is 0 Å². The first kappa shape index (κ1) is 11.6. The molecule has 2 heteroatoms. The molecule has 0 spiro atoms. The average Bonchev–Trinajstić information content (AvgIpc) is 2.32. The predicted octanol–water partition coefficient (Wildman–Crippen LogP) is 2.00. The summed E-state index contributed by atoms with van der Waals surface area (Å²) >= 11 is 0. The Labute approximate surface area is 98.9 Å². The van der Waals surface area contributed by atoms with Crippen molar-refractivity contribution >= 4 is 0 Å². The Morgan fingerprint density at radius 2 is 1.75 bits per heavy atom. The molecule has 0 atom stereocenters. The van der Waals surface area contributed by atoms with E-state index in [1.54, 1.807) is 0 Å². The molecular formula is C14H22N2. The third-order valence-electron chi connectivity index (χ3n) is 3.40. The molecule has 1 saturated heterocycles. The lowest BCUT2D eigenvalue weighted by molar-refractivity contribution is 0.148. The number of hydrogen-bond donors (Lipinski definition) is 0. The van der Waals surface area contributed by atoms with E-state index in [-0.39, 0.29) is 0 Å². The molecule has 1 aromatic rings. The lowest BCUT2D eigenvalue weighted by atomic mass is 10.1. The molecule has 1 aliphatic heterocycles. The highest BCUT2D eigenvalue weighted by Gasteiger charge is 2.13. The number of likely N-dealkylation sites (N-methyl/N-ethyl adjacent to an activating group) is 1. The van der Waals surface area contributed by atoms with Crippen LogP contribution >= 0.6 is 0 Å². The smallest absolute Gasteiger partial charge is 0.0234 e. The maximum atomic E-state index is 2.55. The van der Waals surface area contributed by atoms with Gasteiger partial charge >= 0.3 is 0 Å². The minimum atomic E-state index is 1.11. The summed E-state index contributed by atoms with van der Waals surface area (Å²) in [5.74, 6) is 0. The van der Waals surface area contributed by atoms with Gasteiger partial charge in [0, 0.05) is 32.7 Å². The molecule has 2 nitrogen and oxygen atoms in total. The SMILES string of the molecule is CCc1cccc(CN2CCN(C)CC2)c1. The van der Waals surface area contributed by atoms with Gasteiger partial charge in [0.05, 0.1) is 0 Å². The summed E-state index contributed by atoms with van der Waals surface area (Å²) in [5.41, 5.74) is 2.91. The fourth-order valence-corrected chi connectivity index (χ4v) is 2.21. The fraction of sp³-hybridized carbons (Fsp3) is 0.571. The van der Waals surface area contributed by atoms with Crippen molar-refractivity contribution in [3.05, 3.63) is 35.4 Å². The first-order valence-electron chi connectivity index (χ1n) is 6.26. The molecule has 1 fully saturated rings. The molecule has 0 amide bonds. The van der Waals surface area contributed by atoms with Crippen LogP contribution in [0.25, 0.3) is 0 Å². The highest BCUT2D eigenvalue weighted by Crippen LogP contribution is 2.10. The largest absolute Gasteiger partial charge is 0.304 e. The fourth-order valence-electron chi connectivity index (χ4n) is 2.21. The molecule has 1 aromatic carbocycles. The summed E-state index contributed by atoms with van der Waals surface area (Å²) in [6, 6.07) is 8.99. The van der Waals surface area contributed by atoms with Crippen LogP contribution < -0.4 is 0 Å². The van der Waals surface area contributed by atoms with Gasteiger partial charge in [0.25, 0.3) is 0 Å². The van der Waals surface area contributed by atoms with Crippen molar-refractivity contribution < 1.29 is 0 Å². The molecule has 1 aliphatic rings. The van der Waals surface area contributed by atoms with Gasteiger partial charge in [-0.1, -0.05) is 31.2 Å². The molecule has 0 aromatic heterocycles. The Bertz CT molecular complexity index is 327. The second-order valence-corrected chi connectivity index (χ2v) is 4.75. The second-order valence-electron chi connectivity index (χ2n) is 4.75. The van der Waals surface area contributed by atoms with Crippen LogP contribution in [0.15, 0.2) is 24.3 Å². The topological polar surface area (TPSA) is 6.48 Å². The van der Waals surface area contributed by atoms with E-state index in [0.29, 0.717) is 0 Å². The zero-order valence-electron chi connectivity index (χ0n) is 10.4. The van der Waals surface area contributed by atoms with Crippen LogP contribution in [0.3, 0.4) is 0 Å². The van der Waals surface area contributed by atoms with E-state index >= 15 is 0 Å². The van der Waals surface area contributed by atoms with Gasteiger partial charge in [0.2, 0.25) is 0 Å². The summed E-state index contributed by atoms with van der Waals surface area (Å²) in [6.45, 7) is 8.14. The number of rotatable bonds is 3. The minimum absolute atomic E-state index is 1.11. The Morgan fingerprint density at radius 3 is 2.44 bits per heavy atom. The van der Waals surface area contributed by atoms with Crippen LogP contribution in [0.5, 0.6) is 0 Å². The minimum Gasteiger partial charge on any atom is -0.304 e. The van der Waals surface area contributed by atoms with Gasteiger partial charge in [0.1, 0.15) is 0 Å². The van der Waals surface area contributed by atoms with Crippen LogP contribution in [0.1, 0.15) is 18.1 Å². The van der Waals surface area contributed by atoms with Gasteiger partial charge in [0.15, 0.2) is 0 Å². The number of benzene rings is 1. The highest BCUT2D eigenvalue weighted by atomic mass is 15.2. The van der Waals surface area contributed by atoms with Crippen molar-refractivity contribution in [2.24, 2.45) is 0 Å². The van der Waals surface area contributed by atoms with E-state index in [1.165, 1.54) is 37.3 Å². The van der Waals surface area contributed by atoms with E-state index in [0.717, 1.165) is 13.0 Å². The molecule has 0 aliphatic carbocycles. The lowest BCUT2D eigenvalue weighted by Gasteiger charge is -2.32. The number of piperazine rings is 1. The Balaban J connectivity index is 1.93. The molecule has 2 rings (SSSR count). The summed E-state index contributed by atoms with van der Waals surface area (Å²) in [4.78, 5) is 4.95. The monoisotopic (exact) mass is 218 g/mol. The van der Waals surface area contributed by atoms with E-state index in [1.807, 2.05) is 0 Å². The number of nitrogens with zero attached hydrogens (tertiary/aromatic N) is 2. The predicted molar refractivity (Wildman–Crippen MR) is 68.6 cm³/mol. The van der Waals surface area contributed by atoms with Crippen molar-refractivity contribution in [2.75, 3.05) is 33.2 Å². The van der Waals surface area contributed by atoms with Crippen LogP contribution in [-0.2, 0) is 13.0 Å². The maximum absolute atomic E-state index is 2.55. The third kappa shape index (κ3) is 3.06. The van der Waals surface area contributed by atoms with Crippen molar-refractivity contribution in [3.63, 3.8) is 0 Å². The second kappa shape index (κ2) is 5.46. The van der Waals surface area contributed by atoms with Crippen molar-refractivity contribution in [1.82, 2.24) is 9.80 Å². The lowest BCUT2D eigenvalue weighted by Crippen LogP contribution is -2.43. The Kier molecular flexibility index (Phi) is 3.97. The molecule has 0 radical (unpaired) electrons. The summed E-state index contributed by atoms with van der Waals surface area (Å²) in [7, 11) is 2.20. The van der Waals surface area contributed by atoms with Crippen molar-refractivity contribution in [1.29, 1.82) is 0 Å². The molecule has 0 N–H and O–H groups in total. The van der Waals surface area contributed by atoms with Crippen molar-refractivity contribution in [2.45, 2.75) is 19.9 Å². The van der Waals surface area contributed by atoms with Gasteiger partial charge in [-0.25, -0.2) is 0 Å². The molecule has 0 bridgehead atoms. The van der Waals surface area contributed by atoms with Gasteiger partial charge < -0.3 is 4.90 Å². The zero-order chi connectivity index (χ0) is 11.4. The quantitative estimate of drug-likeness (QED) is 0.765. The van der Waals surface area contributed by atoms with Gasteiger partial charge in [-0.2, -0.15) is 0 Å². The molecule has 0 saturated carbocycles. The van der Waals surface area contributed by atoms with Gasteiger partial charge in [-0.15, -0.1) is 0 Å². The van der Waals surface area contributed by atoms with Crippen molar-refractivity contribution in [3.8, 4) is 0 Å². The standard InChI is InChI=1S/C14H22N2/c1-3-13-5-4-6-14(11-13)12-16-9-7-15(2)8-10-16/h4-6,11H,3,7-10,12H2,1-2H3. The van der Waals surface area contributed by atoms with E-state index in [4.69, 9.17) is 0 Å². The third-order valence-corrected chi connectivity index (χ3v) is 3.40. The molecule has 16 heavy (non-hydrogen) atoms. The van der Waals surface area contributed by atoms with Gasteiger partial charge in [-0.05, 0) is 24.6 Å². The van der Waals surface area contributed by atoms with E-state index < -0.39 is 0 Å².